The number of aromatic nitrogens is 1. The highest BCUT2D eigenvalue weighted by molar-refractivity contribution is 5.97. The largest absolute Gasteiger partial charge is 0.366 e. The molecular weight excluding hydrogens is 222 g/mol. The molecule has 1 aromatic heterocycles. The number of nitrogens with two attached hydrogens (primary N) is 2. The van der Waals surface area contributed by atoms with Gasteiger partial charge in [-0.15, -0.1) is 0 Å². The van der Waals surface area contributed by atoms with Crippen LogP contribution in [-0.4, -0.2) is 16.4 Å². The Balaban J connectivity index is 2.62. The van der Waals surface area contributed by atoms with Crippen LogP contribution in [0.25, 0.3) is 0 Å². The number of pyridine rings is 1. The van der Waals surface area contributed by atoms with Crippen molar-refractivity contribution in [1.82, 2.24) is 4.57 Å². The predicted octanol–water partition coefficient (Wildman–Crippen LogP) is -0.373. The van der Waals surface area contributed by atoms with E-state index in [2.05, 4.69) is 0 Å². The van der Waals surface area contributed by atoms with Gasteiger partial charge in [-0.1, -0.05) is 6.92 Å². The van der Waals surface area contributed by atoms with Crippen LogP contribution in [0.2, 0.25) is 0 Å². The molecule has 0 spiro atoms. The monoisotopic (exact) mass is 235 g/mol. The quantitative estimate of drug-likeness (QED) is 0.745. The molecule has 0 radical (unpaired) electrons. The van der Waals surface area contributed by atoms with Crippen molar-refractivity contribution < 1.29 is 9.59 Å². The van der Waals surface area contributed by atoms with Crippen LogP contribution in [0.15, 0.2) is 17.1 Å². The first kappa shape index (κ1) is 11.4. The second-order valence-corrected chi connectivity index (χ2v) is 4.36. The summed E-state index contributed by atoms with van der Waals surface area (Å²) in [6, 6.07) is 1.18. The Morgan fingerprint density at radius 1 is 1.35 bits per heavy atom. The predicted molar refractivity (Wildman–Crippen MR) is 60.6 cm³/mol. The summed E-state index contributed by atoms with van der Waals surface area (Å²) in [5, 5.41) is 0. The lowest BCUT2D eigenvalue weighted by atomic mass is 10.1. The molecule has 90 valence electrons. The van der Waals surface area contributed by atoms with E-state index in [0.717, 1.165) is 12.5 Å². The van der Waals surface area contributed by atoms with Gasteiger partial charge in [0.15, 0.2) is 0 Å². The Hall–Kier alpha value is -2.11. The van der Waals surface area contributed by atoms with Gasteiger partial charge in [-0.05, 0) is 18.4 Å². The van der Waals surface area contributed by atoms with Gasteiger partial charge in [0.05, 0.1) is 5.56 Å². The SMILES string of the molecule is C[C@H]1C[C@@H]1n1cc(C(N)=O)cc(C(N)=O)c1=O. The van der Waals surface area contributed by atoms with Crippen molar-refractivity contribution in [3.05, 3.63) is 33.7 Å². The van der Waals surface area contributed by atoms with Crippen molar-refractivity contribution in [1.29, 1.82) is 0 Å². The molecule has 2 atom stereocenters. The second kappa shape index (κ2) is 3.73. The van der Waals surface area contributed by atoms with E-state index < -0.39 is 17.4 Å². The highest BCUT2D eigenvalue weighted by Gasteiger charge is 2.36. The molecule has 0 aromatic carbocycles. The average Bonchev–Trinajstić information content (AvgIpc) is 2.94. The lowest BCUT2D eigenvalue weighted by Gasteiger charge is -2.08. The standard InChI is InChI=1S/C11H13N3O3/c1-5-2-8(5)14-4-6(9(12)15)3-7(10(13)16)11(14)17/h3-5,8H,2H2,1H3,(H2,12,15)(H2,13,16)/t5-,8-/m0/s1. The molecule has 6 heteroatoms. The van der Waals surface area contributed by atoms with Crippen LogP contribution in [0.3, 0.4) is 0 Å². The Labute approximate surface area is 97.2 Å². The Bertz CT molecular complexity index is 562. The van der Waals surface area contributed by atoms with E-state index in [-0.39, 0.29) is 17.2 Å². The van der Waals surface area contributed by atoms with Crippen molar-refractivity contribution in [2.24, 2.45) is 17.4 Å². The zero-order valence-electron chi connectivity index (χ0n) is 9.34. The van der Waals surface area contributed by atoms with E-state index in [1.54, 1.807) is 0 Å². The van der Waals surface area contributed by atoms with E-state index in [4.69, 9.17) is 11.5 Å². The second-order valence-electron chi connectivity index (χ2n) is 4.36. The van der Waals surface area contributed by atoms with Gasteiger partial charge < -0.3 is 16.0 Å². The number of carbonyl (C=O) groups is 2. The van der Waals surface area contributed by atoms with Crippen LogP contribution in [0.5, 0.6) is 0 Å². The van der Waals surface area contributed by atoms with Crippen molar-refractivity contribution in [3.8, 4) is 0 Å². The normalized spacial score (nSPS) is 22.2. The molecule has 0 unspecified atom stereocenters. The summed E-state index contributed by atoms with van der Waals surface area (Å²) in [6.07, 6.45) is 2.24. The molecule has 2 amide bonds. The summed E-state index contributed by atoms with van der Waals surface area (Å²) < 4.78 is 1.38. The van der Waals surface area contributed by atoms with Crippen molar-refractivity contribution in [2.45, 2.75) is 19.4 Å². The van der Waals surface area contributed by atoms with Crippen LogP contribution in [0.1, 0.15) is 40.1 Å². The summed E-state index contributed by atoms with van der Waals surface area (Å²) in [5.74, 6) is -1.17. The minimum Gasteiger partial charge on any atom is -0.366 e. The highest BCUT2D eigenvalue weighted by Crippen LogP contribution is 2.41. The molecule has 1 aromatic rings. The van der Waals surface area contributed by atoms with Crippen LogP contribution in [-0.2, 0) is 0 Å². The smallest absolute Gasteiger partial charge is 0.263 e. The molecule has 1 fully saturated rings. The number of rotatable bonds is 3. The third-order valence-corrected chi connectivity index (χ3v) is 3.02. The molecular formula is C11H13N3O3. The zero-order valence-corrected chi connectivity index (χ0v) is 9.34. The van der Waals surface area contributed by atoms with Gasteiger partial charge >= 0.3 is 0 Å². The van der Waals surface area contributed by atoms with Crippen molar-refractivity contribution in [3.63, 3.8) is 0 Å². The fourth-order valence-corrected chi connectivity index (χ4v) is 1.85. The fourth-order valence-electron chi connectivity index (χ4n) is 1.85. The Morgan fingerprint density at radius 3 is 2.35 bits per heavy atom. The first-order chi connectivity index (χ1) is 7.91. The number of hydrogen-bond acceptors (Lipinski definition) is 3. The molecule has 1 heterocycles. The molecule has 2 rings (SSSR count). The van der Waals surface area contributed by atoms with Crippen LogP contribution >= 0.6 is 0 Å². The molecule has 6 nitrogen and oxygen atoms in total. The summed E-state index contributed by atoms with van der Waals surface area (Å²) in [5.41, 5.74) is 9.72. The maximum absolute atomic E-state index is 11.9. The van der Waals surface area contributed by atoms with Crippen LogP contribution in [0.4, 0.5) is 0 Å². The van der Waals surface area contributed by atoms with Gasteiger partial charge in [0, 0.05) is 12.2 Å². The minimum absolute atomic E-state index is 0.0277. The third kappa shape index (κ3) is 1.93. The Morgan fingerprint density at radius 2 is 1.94 bits per heavy atom. The Kier molecular flexibility index (Phi) is 2.49. The zero-order chi connectivity index (χ0) is 12.7. The molecule has 1 aliphatic rings. The van der Waals surface area contributed by atoms with Gasteiger partial charge in [-0.2, -0.15) is 0 Å². The topological polar surface area (TPSA) is 108 Å². The van der Waals surface area contributed by atoms with Crippen molar-refractivity contribution in [2.75, 3.05) is 0 Å². The maximum Gasteiger partial charge on any atom is 0.263 e. The number of nitrogens with zero attached hydrogens (tertiary/aromatic N) is 1. The van der Waals surface area contributed by atoms with Gasteiger partial charge in [0.1, 0.15) is 5.56 Å². The van der Waals surface area contributed by atoms with Gasteiger partial charge in [-0.25, -0.2) is 0 Å². The third-order valence-electron chi connectivity index (χ3n) is 3.02. The summed E-state index contributed by atoms with van der Waals surface area (Å²) in [6.45, 7) is 1.98. The summed E-state index contributed by atoms with van der Waals surface area (Å²) in [7, 11) is 0. The summed E-state index contributed by atoms with van der Waals surface area (Å²) in [4.78, 5) is 34.2. The van der Waals surface area contributed by atoms with Crippen LogP contribution in [0, 0.1) is 5.92 Å². The molecule has 1 saturated carbocycles. The highest BCUT2D eigenvalue weighted by atomic mass is 16.2. The number of hydrogen-bond donors (Lipinski definition) is 2. The molecule has 0 saturated heterocycles. The van der Waals surface area contributed by atoms with E-state index in [9.17, 15) is 14.4 Å². The lowest BCUT2D eigenvalue weighted by molar-refractivity contribution is 0.0998. The number of amides is 2. The maximum atomic E-state index is 11.9. The molecule has 0 aliphatic heterocycles. The van der Waals surface area contributed by atoms with Gasteiger partial charge in [0.25, 0.3) is 11.5 Å². The average molecular weight is 235 g/mol. The van der Waals surface area contributed by atoms with Crippen molar-refractivity contribution >= 4 is 11.8 Å². The molecule has 17 heavy (non-hydrogen) atoms. The first-order valence-electron chi connectivity index (χ1n) is 5.27. The molecule has 0 bridgehead atoms. The number of carbonyl (C=O) groups excluding carboxylic acids is 2. The van der Waals surface area contributed by atoms with Gasteiger partial charge in [0.2, 0.25) is 5.91 Å². The molecule has 1 aliphatic carbocycles. The van der Waals surface area contributed by atoms with E-state index in [0.29, 0.717) is 5.92 Å². The fraction of sp³-hybridized carbons (Fsp3) is 0.364. The molecule has 4 N–H and O–H groups in total. The summed E-state index contributed by atoms with van der Waals surface area (Å²) >= 11 is 0. The van der Waals surface area contributed by atoms with E-state index in [1.807, 2.05) is 6.92 Å². The van der Waals surface area contributed by atoms with E-state index >= 15 is 0 Å². The van der Waals surface area contributed by atoms with Crippen LogP contribution < -0.4 is 17.0 Å². The van der Waals surface area contributed by atoms with E-state index in [1.165, 1.54) is 10.8 Å². The number of primary amides is 2. The van der Waals surface area contributed by atoms with Gasteiger partial charge in [-0.3, -0.25) is 14.4 Å². The minimum atomic E-state index is -0.847. The lowest BCUT2D eigenvalue weighted by Crippen LogP contribution is -2.31. The first-order valence-corrected chi connectivity index (χ1v) is 5.27.